The van der Waals surface area contributed by atoms with E-state index in [1.807, 2.05) is 12.1 Å². The number of nitrogens with zero attached hydrogens (tertiary/aromatic N) is 3. The van der Waals surface area contributed by atoms with Crippen molar-refractivity contribution in [1.82, 2.24) is 15.5 Å². The molecule has 3 rings (SSSR count). The van der Waals surface area contributed by atoms with E-state index < -0.39 is 0 Å². The van der Waals surface area contributed by atoms with Crippen molar-refractivity contribution >= 4 is 35.6 Å². The predicted molar refractivity (Wildman–Crippen MR) is 133 cm³/mol. The number of aliphatic imine (C=N–C) groups is 1. The molecule has 0 spiro atoms. The summed E-state index contributed by atoms with van der Waals surface area (Å²) < 4.78 is 5.25. The van der Waals surface area contributed by atoms with E-state index in [0.29, 0.717) is 6.04 Å². The fourth-order valence-corrected chi connectivity index (χ4v) is 4.09. The first kappa shape index (κ1) is 24.1. The summed E-state index contributed by atoms with van der Waals surface area (Å²) in [6.07, 6.45) is 6.37. The minimum absolute atomic E-state index is 0. The van der Waals surface area contributed by atoms with Crippen LogP contribution in [0.4, 0.5) is 5.69 Å². The summed E-state index contributed by atoms with van der Waals surface area (Å²) in [5, 5.41) is 6.99. The van der Waals surface area contributed by atoms with Crippen LogP contribution in [0.25, 0.3) is 0 Å². The highest BCUT2D eigenvalue weighted by atomic mass is 127. The van der Waals surface area contributed by atoms with Crippen molar-refractivity contribution in [2.75, 3.05) is 57.8 Å². The van der Waals surface area contributed by atoms with Gasteiger partial charge in [0.25, 0.3) is 0 Å². The van der Waals surface area contributed by atoms with Gasteiger partial charge in [-0.2, -0.15) is 0 Å². The molecule has 2 aliphatic rings. The largest absolute Gasteiger partial charge is 0.497 e. The number of hydrogen-bond acceptors (Lipinski definition) is 4. The number of guanidine groups is 1. The highest BCUT2D eigenvalue weighted by Gasteiger charge is 2.17. The molecule has 29 heavy (non-hydrogen) atoms. The second-order valence-corrected chi connectivity index (χ2v) is 7.77. The van der Waals surface area contributed by atoms with Crippen molar-refractivity contribution in [1.29, 1.82) is 0 Å². The summed E-state index contributed by atoms with van der Waals surface area (Å²) >= 11 is 0. The molecule has 0 bridgehead atoms. The van der Waals surface area contributed by atoms with E-state index in [-0.39, 0.29) is 24.0 Å². The van der Waals surface area contributed by atoms with E-state index >= 15 is 0 Å². The highest BCUT2D eigenvalue weighted by Crippen LogP contribution is 2.20. The number of halogens is 1. The first-order valence-electron chi connectivity index (χ1n) is 10.9. The molecule has 0 amide bonds. The van der Waals surface area contributed by atoms with Crippen LogP contribution in [0.2, 0.25) is 0 Å². The van der Waals surface area contributed by atoms with Gasteiger partial charge in [0, 0.05) is 57.5 Å². The summed E-state index contributed by atoms with van der Waals surface area (Å²) in [4.78, 5) is 9.81. The summed E-state index contributed by atoms with van der Waals surface area (Å²) in [6, 6.07) is 9.01. The predicted octanol–water partition coefficient (Wildman–Crippen LogP) is 3.32. The molecule has 2 N–H and O–H groups in total. The Balaban J connectivity index is 0.00000300. The molecule has 0 atom stereocenters. The molecule has 7 heteroatoms. The molecular weight excluding hydrogens is 477 g/mol. The third-order valence-electron chi connectivity index (χ3n) is 5.75. The highest BCUT2D eigenvalue weighted by molar-refractivity contribution is 14.0. The van der Waals surface area contributed by atoms with Crippen molar-refractivity contribution in [2.24, 2.45) is 4.99 Å². The molecule has 1 saturated heterocycles. The molecule has 2 fully saturated rings. The zero-order valence-corrected chi connectivity index (χ0v) is 20.4. The van der Waals surface area contributed by atoms with Gasteiger partial charge in [-0.25, -0.2) is 0 Å². The van der Waals surface area contributed by atoms with Gasteiger partial charge in [0.05, 0.1) is 7.11 Å². The van der Waals surface area contributed by atoms with Gasteiger partial charge in [-0.1, -0.05) is 12.8 Å². The zero-order chi connectivity index (χ0) is 19.6. The van der Waals surface area contributed by atoms with Crippen molar-refractivity contribution in [3.8, 4) is 5.75 Å². The average Bonchev–Trinajstić information content (AvgIpc) is 3.25. The minimum Gasteiger partial charge on any atom is -0.497 e. The van der Waals surface area contributed by atoms with E-state index in [9.17, 15) is 0 Å². The molecule has 0 radical (unpaired) electrons. The summed E-state index contributed by atoms with van der Waals surface area (Å²) in [7, 11) is 1.71. The Kier molecular flexibility index (Phi) is 10.9. The summed E-state index contributed by atoms with van der Waals surface area (Å²) in [6.45, 7) is 9.48. The number of anilines is 1. The number of benzene rings is 1. The molecule has 6 nitrogen and oxygen atoms in total. The van der Waals surface area contributed by atoms with Crippen LogP contribution in [0.5, 0.6) is 5.75 Å². The molecule has 1 heterocycles. The Labute approximate surface area is 193 Å². The maximum atomic E-state index is 5.25. The Hall–Kier alpha value is -1.22. The van der Waals surface area contributed by atoms with Gasteiger partial charge in [0.2, 0.25) is 0 Å². The molecule has 1 aromatic carbocycles. The standard InChI is InChI=1S/C22H37N5O.HI/c1-3-23-22(25-19-7-4-5-8-19)24-13-6-14-26-15-17-27(18-16-26)20-9-11-21(28-2)12-10-20;/h9-12,19H,3-8,13-18H2,1-2H3,(H2,23,24,25);1H. The monoisotopic (exact) mass is 515 g/mol. The maximum Gasteiger partial charge on any atom is 0.191 e. The van der Waals surface area contributed by atoms with Crippen LogP contribution in [0.1, 0.15) is 39.0 Å². The average molecular weight is 515 g/mol. The number of hydrogen-bond donors (Lipinski definition) is 2. The third kappa shape index (κ3) is 7.85. The normalized spacial score (nSPS) is 18.4. The van der Waals surface area contributed by atoms with Crippen molar-refractivity contribution in [2.45, 2.75) is 45.1 Å². The van der Waals surface area contributed by atoms with Gasteiger partial charge in [-0.15, -0.1) is 24.0 Å². The number of ether oxygens (including phenoxy) is 1. The van der Waals surface area contributed by atoms with Crippen LogP contribution in [-0.4, -0.2) is 69.8 Å². The first-order chi connectivity index (χ1) is 13.8. The smallest absolute Gasteiger partial charge is 0.191 e. The maximum absolute atomic E-state index is 5.25. The van der Waals surface area contributed by atoms with Gasteiger partial charge in [0.1, 0.15) is 5.75 Å². The Bertz CT molecular complexity index is 596. The second kappa shape index (κ2) is 13.2. The van der Waals surface area contributed by atoms with Crippen molar-refractivity contribution in [3.05, 3.63) is 24.3 Å². The number of methoxy groups -OCH3 is 1. The molecule has 0 unspecified atom stereocenters. The Morgan fingerprint density at radius 3 is 2.41 bits per heavy atom. The van der Waals surface area contributed by atoms with Crippen LogP contribution < -0.4 is 20.3 Å². The van der Waals surface area contributed by atoms with Gasteiger partial charge in [0.15, 0.2) is 5.96 Å². The second-order valence-electron chi connectivity index (χ2n) is 7.77. The lowest BCUT2D eigenvalue weighted by Crippen LogP contribution is -2.46. The van der Waals surface area contributed by atoms with Crippen LogP contribution in [-0.2, 0) is 0 Å². The zero-order valence-electron chi connectivity index (χ0n) is 18.0. The fourth-order valence-electron chi connectivity index (χ4n) is 4.09. The molecule has 1 aromatic rings. The van der Waals surface area contributed by atoms with E-state index in [0.717, 1.165) is 63.9 Å². The van der Waals surface area contributed by atoms with Crippen molar-refractivity contribution in [3.63, 3.8) is 0 Å². The van der Waals surface area contributed by atoms with Gasteiger partial charge in [-0.3, -0.25) is 9.89 Å². The minimum atomic E-state index is 0. The quantitative estimate of drug-likeness (QED) is 0.241. The lowest BCUT2D eigenvalue weighted by molar-refractivity contribution is 0.256. The van der Waals surface area contributed by atoms with Crippen LogP contribution in [0.15, 0.2) is 29.3 Å². The lowest BCUT2D eigenvalue weighted by atomic mass is 10.2. The molecular formula is C22H38IN5O. The molecule has 164 valence electrons. The number of nitrogens with one attached hydrogen (secondary N) is 2. The van der Waals surface area contributed by atoms with Crippen LogP contribution in [0, 0.1) is 0 Å². The van der Waals surface area contributed by atoms with E-state index in [2.05, 4.69) is 39.5 Å². The Morgan fingerprint density at radius 2 is 1.79 bits per heavy atom. The van der Waals surface area contributed by atoms with E-state index in [1.54, 1.807) is 7.11 Å². The van der Waals surface area contributed by atoms with Gasteiger partial charge in [-0.05, 0) is 50.5 Å². The van der Waals surface area contributed by atoms with Gasteiger partial charge >= 0.3 is 0 Å². The third-order valence-corrected chi connectivity index (χ3v) is 5.75. The molecule has 1 aliphatic carbocycles. The molecule has 0 aromatic heterocycles. The van der Waals surface area contributed by atoms with Crippen LogP contribution >= 0.6 is 24.0 Å². The number of rotatable bonds is 8. The summed E-state index contributed by atoms with van der Waals surface area (Å²) in [5.74, 6) is 1.92. The molecule has 1 aliphatic heterocycles. The Morgan fingerprint density at radius 1 is 1.10 bits per heavy atom. The van der Waals surface area contributed by atoms with Crippen LogP contribution in [0.3, 0.4) is 0 Å². The van der Waals surface area contributed by atoms with Gasteiger partial charge < -0.3 is 20.3 Å². The number of piperazine rings is 1. The fraction of sp³-hybridized carbons (Fsp3) is 0.682. The first-order valence-corrected chi connectivity index (χ1v) is 10.9. The molecule has 1 saturated carbocycles. The topological polar surface area (TPSA) is 52.1 Å². The summed E-state index contributed by atoms with van der Waals surface area (Å²) in [5.41, 5.74) is 1.29. The van der Waals surface area contributed by atoms with E-state index in [4.69, 9.17) is 9.73 Å². The lowest BCUT2D eigenvalue weighted by Gasteiger charge is -2.36. The van der Waals surface area contributed by atoms with E-state index in [1.165, 1.54) is 31.4 Å². The SMILES string of the molecule is CCNC(=NCCCN1CCN(c2ccc(OC)cc2)CC1)NC1CCCC1.I. The van der Waals surface area contributed by atoms with Crippen molar-refractivity contribution < 1.29 is 4.74 Å².